The topological polar surface area (TPSA) is 59.0 Å². The van der Waals surface area contributed by atoms with Gasteiger partial charge in [-0.2, -0.15) is 5.26 Å². The first-order valence-electron chi connectivity index (χ1n) is 5.03. The van der Waals surface area contributed by atoms with E-state index in [1.54, 1.807) is 18.2 Å². The molecule has 0 saturated carbocycles. The van der Waals surface area contributed by atoms with E-state index in [1.165, 1.54) is 24.3 Å². The van der Waals surface area contributed by atoms with Gasteiger partial charge in [0.25, 0.3) is 0 Å². The van der Waals surface area contributed by atoms with E-state index >= 15 is 0 Å². The molecule has 0 bridgehead atoms. The van der Waals surface area contributed by atoms with Crippen LogP contribution < -0.4 is 10.5 Å². The minimum Gasteiger partial charge on any atom is -0.454 e. The van der Waals surface area contributed by atoms with Gasteiger partial charge in [0.15, 0.2) is 11.6 Å². The first-order chi connectivity index (χ1) is 8.61. The van der Waals surface area contributed by atoms with Crippen LogP contribution in [0.3, 0.4) is 0 Å². The van der Waals surface area contributed by atoms with Crippen LogP contribution in [0.2, 0.25) is 5.02 Å². The summed E-state index contributed by atoms with van der Waals surface area (Å²) in [4.78, 5) is 0. The van der Waals surface area contributed by atoms with Gasteiger partial charge >= 0.3 is 0 Å². The number of ether oxygens (including phenoxy) is 1. The van der Waals surface area contributed by atoms with Gasteiger partial charge in [0.1, 0.15) is 11.8 Å². The van der Waals surface area contributed by atoms with Crippen molar-refractivity contribution in [3.05, 3.63) is 52.8 Å². The van der Waals surface area contributed by atoms with Crippen molar-refractivity contribution in [3.8, 4) is 17.6 Å². The predicted molar refractivity (Wildman–Crippen MR) is 67.1 cm³/mol. The number of nitrogen functional groups attached to an aromatic ring is 1. The van der Waals surface area contributed by atoms with Crippen LogP contribution in [0.25, 0.3) is 0 Å². The zero-order chi connectivity index (χ0) is 13.1. The third-order valence-corrected chi connectivity index (χ3v) is 2.61. The highest BCUT2D eigenvalue weighted by atomic mass is 35.5. The van der Waals surface area contributed by atoms with E-state index in [4.69, 9.17) is 27.3 Å². The molecule has 2 aromatic rings. The summed E-state index contributed by atoms with van der Waals surface area (Å²) >= 11 is 5.83. The number of anilines is 1. The molecule has 2 N–H and O–H groups in total. The number of nitriles is 1. The van der Waals surface area contributed by atoms with Gasteiger partial charge in [-0.3, -0.25) is 0 Å². The van der Waals surface area contributed by atoms with Crippen molar-refractivity contribution in [3.63, 3.8) is 0 Å². The van der Waals surface area contributed by atoms with Crippen LogP contribution in [0, 0.1) is 17.1 Å². The van der Waals surface area contributed by atoms with Crippen molar-refractivity contribution in [2.75, 3.05) is 5.73 Å². The fourth-order valence-electron chi connectivity index (χ4n) is 1.37. The summed E-state index contributed by atoms with van der Waals surface area (Å²) in [6, 6.07) is 10.7. The average Bonchev–Trinajstić information content (AvgIpc) is 2.36. The Morgan fingerprint density at radius 2 is 2.06 bits per heavy atom. The molecule has 90 valence electrons. The molecule has 3 nitrogen and oxygen atoms in total. The Morgan fingerprint density at radius 1 is 1.28 bits per heavy atom. The minimum atomic E-state index is -0.701. The monoisotopic (exact) mass is 262 g/mol. The maximum Gasteiger partial charge on any atom is 0.183 e. The molecule has 0 atom stereocenters. The molecule has 5 heteroatoms. The quantitative estimate of drug-likeness (QED) is 0.839. The second-order valence-electron chi connectivity index (χ2n) is 3.51. The Kier molecular flexibility index (Phi) is 3.35. The number of nitrogens with zero attached hydrogens (tertiary/aromatic N) is 1. The fourth-order valence-corrected chi connectivity index (χ4v) is 1.54. The lowest BCUT2D eigenvalue weighted by atomic mass is 10.2. The summed E-state index contributed by atoms with van der Waals surface area (Å²) in [7, 11) is 0. The lowest BCUT2D eigenvalue weighted by Crippen LogP contribution is -1.92. The third kappa shape index (κ3) is 2.36. The number of rotatable bonds is 2. The average molecular weight is 263 g/mol. The van der Waals surface area contributed by atoms with Crippen LogP contribution in [0.4, 0.5) is 10.1 Å². The highest BCUT2D eigenvalue weighted by Gasteiger charge is 2.10. The molecule has 2 aromatic carbocycles. The zero-order valence-corrected chi connectivity index (χ0v) is 9.91. The second kappa shape index (κ2) is 4.94. The lowest BCUT2D eigenvalue weighted by molar-refractivity contribution is 0.441. The molecule has 18 heavy (non-hydrogen) atoms. The summed E-state index contributed by atoms with van der Waals surface area (Å²) in [6.45, 7) is 0. The van der Waals surface area contributed by atoms with Crippen LogP contribution >= 0.6 is 11.6 Å². The highest BCUT2D eigenvalue weighted by Crippen LogP contribution is 2.30. The van der Waals surface area contributed by atoms with Gasteiger partial charge in [0, 0.05) is 6.07 Å². The van der Waals surface area contributed by atoms with Crippen molar-refractivity contribution in [2.45, 2.75) is 0 Å². The van der Waals surface area contributed by atoms with Gasteiger partial charge < -0.3 is 10.5 Å². The molecule has 0 saturated heterocycles. The van der Waals surface area contributed by atoms with Gasteiger partial charge in [0.05, 0.1) is 16.3 Å². The lowest BCUT2D eigenvalue weighted by Gasteiger charge is -2.08. The van der Waals surface area contributed by atoms with Crippen molar-refractivity contribution in [1.82, 2.24) is 0 Å². The molecule has 0 aliphatic heterocycles. The van der Waals surface area contributed by atoms with Crippen LogP contribution in [0.1, 0.15) is 5.56 Å². The number of halogens is 2. The van der Waals surface area contributed by atoms with Gasteiger partial charge in [-0.05, 0) is 24.3 Å². The largest absolute Gasteiger partial charge is 0.454 e. The molecule has 0 fully saturated rings. The van der Waals surface area contributed by atoms with Gasteiger partial charge in [0.2, 0.25) is 0 Å². The van der Waals surface area contributed by atoms with E-state index in [0.717, 1.165) is 0 Å². The SMILES string of the molecule is N#Cc1cccc(Oc2ccc(N)c(Cl)c2)c1F. The summed E-state index contributed by atoms with van der Waals surface area (Å²) in [6.07, 6.45) is 0. The van der Waals surface area contributed by atoms with Crippen molar-refractivity contribution >= 4 is 17.3 Å². The molecule has 0 aromatic heterocycles. The molecule has 2 rings (SSSR count). The van der Waals surface area contributed by atoms with Crippen LogP contribution in [-0.4, -0.2) is 0 Å². The van der Waals surface area contributed by atoms with Gasteiger partial charge in [-0.25, -0.2) is 4.39 Å². The molecule has 0 aliphatic carbocycles. The van der Waals surface area contributed by atoms with Gasteiger partial charge in [-0.1, -0.05) is 17.7 Å². The minimum absolute atomic E-state index is 0.0325. The highest BCUT2D eigenvalue weighted by molar-refractivity contribution is 6.33. The second-order valence-corrected chi connectivity index (χ2v) is 3.92. The maximum atomic E-state index is 13.7. The zero-order valence-electron chi connectivity index (χ0n) is 9.15. The van der Waals surface area contributed by atoms with Crippen LogP contribution in [-0.2, 0) is 0 Å². The van der Waals surface area contributed by atoms with Crippen molar-refractivity contribution in [2.24, 2.45) is 0 Å². The summed E-state index contributed by atoms with van der Waals surface area (Å²) in [5, 5.41) is 9.03. The molecule has 0 amide bonds. The van der Waals surface area contributed by atoms with Crippen molar-refractivity contribution in [1.29, 1.82) is 5.26 Å². The summed E-state index contributed by atoms with van der Waals surface area (Å²) in [5.74, 6) is -0.383. The first kappa shape index (κ1) is 12.2. The Labute approximate surface area is 108 Å². The Morgan fingerprint density at radius 3 is 2.72 bits per heavy atom. The third-order valence-electron chi connectivity index (χ3n) is 2.28. The first-order valence-corrected chi connectivity index (χ1v) is 5.41. The van der Waals surface area contributed by atoms with E-state index in [9.17, 15) is 4.39 Å². The Balaban J connectivity index is 2.35. The number of benzene rings is 2. The molecule has 0 spiro atoms. The predicted octanol–water partition coefficient (Wildman–Crippen LogP) is 3.73. The van der Waals surface area contributed by atoms with E-state index in [-0.39, 0.29) is 11.3 Å². The number of hydrogen-bond donors (Lipinski definition) is 1. The molecular formula is C13H8ClFN2O. The molecule has 0 heterocycles. The standard InChI is InChI=1S/C13H8ClFN2O/c14-10-6-9(4-5-11(10)17)18-12-3-1-2-8(7-16)13(12)15/h1-6H,17H2. The summed E-state index contributed by atoms with van der Waals surface area (Å²) < 4.78 is 19.1. The molecule has 0 radical (unpaired) electrons. The van der Waals surface area contributed by atoms with Crippen LogP contribution in [0.15, 0.2) is 36.4 Å². The fraction of sp³-hybridized carbons (Fsp3) is 0. The molecule has 0 unspecified atom stereocenters. The number of nitrogens with two attached hydrogens (primary N) is 1. The molecule has 0 aliphatic rings. The maximum absolute atomic E-state index is 13.7. The molecular weight excluding hydrogens is 255 g/mol. The number of hydrogen-bond acceptors (Lipinski definition) is 3. The van der Waals surface area contributed by atoms with E-state index < -0.39 is 5.82 Å². The van der Waals surface area contributed by atoms with Gasteiger partial charge in [-0.15, -0.1) is 0 Å². The van der Waals surface area contributed by atoms with Crippen LogP contribution in [0.5, 0.6) is 11.5 Å². The Hall–Kier alpha value is -2.25. The van der Waals surface area contributed by atoms with E-state index in [1.807, 2.05) is 0 Å². The smallest absolute Gasteiger partial charge is 0.183 e. The van der Waals surface area contributed by atoms with E-state index in [0.29, 0.717) is 16.5 Å². The Bertz CT molecular complexity index is 637. The van der Waals surface area contributed by atoms with Crippen molar-refractivity contribution < 1.29 is 9.13 Å². The normalized spacial score (nSPS) is 9.83. The summed E-state index contributed by atoms with van der Waals surface area (Å²) in [5.41, 5.74) is 5.89. The van der Waals surface area contributed by atoms with E-state index in [2.05, 4.69) is 0 Å².